The zero-order chi connectivity index (χ0) is 12.8. The van der Waals surface area contributed by atoms with Crippen molar-refractivity contribution in [3.05, 3.63) is 53.0 Å². The molecule has 0 radical (unpaired) electrons. The van der Waals surface area contributed by atoms with Crippen molar-refractivity contribution in [1.29, 1.82) is 0 Å². The second kappa shape index (κ2) is 6.26. The average Bonchev–Trinajstić information content (AvgIpc) is 2.40. The molecule has 1 aromatic heterocycles. The minimum Gasteiger partial charge on any atom is -0.326 e. The summed E-state index contributed by atoms with van der Waals surface area (Å²) in [6.45, 7) is 0. The Balaban J connectivity index is 1.84. The fraction of sp³-hybridized carbons (Fsp3) is 0.154. The number of carbonyl (C=O) groups excluding carboxylic acids is 1. The van der Waals surface area contributed by atoms with Gasteiger partial charge in [0.2, 0.25) is 5.91 Å². The SMILES string of the molecule is O=C(CCc1cncnc1)Nc1ccc(Br)cc1. The summed E-state index contributed by atoms with van der Waals surface area (Å²) < 4.78 is 0.988. The van der Waals surface area contributed by atoms with Crippen molar-refractivity contribution in [1.82, 2.24) is 9.97 Å². The number of halogens is 1. The minimum absolute atomic E-state index is 0.0128. The molecular weight excluding hydrogens is 294 g/mol. The number of amides is 1. The van der Waals surface area contributed by atoms with E-state index in [1.165, 1.54) is 6.33 Å². The third-order valence-electron chi connectivity index (χ3n) is 2.38. The highest BCUT2D eigenvalue weighted by atomic mass is 79.9. The highest BCUT2D eigenvalue weighted by molar-refractivity contribution is 9.10. The van der Waals surface area contributed by atoms with Crippen molar-refractivity contribution in [3.63, 3.8) is 0 Å². The molecule has 2 rings (SSSR count). The first-order chi connectivity index (χ1) is 8.74. The van der Waals surface area contributed by atoms with E-state index >= 15 is 0 Å². The van der Waals surface area contributed by atoms with Crippen LogP contribution >= 0.6 is 15.9 Å². The van der Waals surface area contributed by atoms with Crippen LogP contribution in [0.25, 0.3) is 0 Å². The van der Waals surface area contributed by atoms with Gasteiger partial charge < -0.3 is 5.32 Å². The highest BCUT2D eigenvalue weighted by Crippen LogP contribution is 2.14. The van der Waals surface area contributed by atoms with Gasteiger partial charge in [0.15, 0.2) is 0 Å². The molecule has 0 aliphatic heterocycles. The van der Waals surface area contributed by atoms with Crippen LogP contribution < -0.4 is 5.32 Å². The molecule has 1 amide bonds. The van der Waals surface area contributed by atoms with Crippen molar-refractivity contribution in [2.45, 2.75) is 12.8 Å². The lowest BCUT2D eigenvalue weighted by Crippen LogP contribution is -2.12. The Kier molecular flexibility index (Phi) is 4.41. The number of anilines is 1. The molecule has 0 unspecified atom stereocenters. The van der Waals surface area contributed by atoms with Crippen LogP contribution in [0.3, 0.4) is 0 Å². The molecule has 0 bridgehead atoms. The molecule has 0 aliphatic carbocycles. The van der Waals surface area contributed by atoms with Gasteiger partial charge in [-0.3, -0.25) is 4.79 Å². The van der Waals surface area contributed by atoms with Crippen molar-refractivity contribution in [2.75, 3.05) is 5.32 Å². The van der Waals surface area contributed by atoms with Gasteiger partial charge in [0.05, 0.1) is 0 Å². The molecule has 0 saturated carbocycles. The maximum Gasteiger partial charge on any atom is 0.224 e. The van der Waals surface area contributed by atoms with Crippen LogP contribution in [0.5, 0.6) is 0 Å². The Bertz CT molecular complexity index is 514. The largest absolute Gasteiger partial charge is 0.326 e. The maximum atomic E-state index is 11.7. The molecular formula is C13H12BrN3O. The van der Waals surface area contributed by atoms with E-state index in [0.717, 1.165) is 15.7 Å². The lowest BCUT2D eigenvalue weighted by atomic mass is 10.2. The van der Waals surface area contributed by atoms with Gasteiger partial charge in [-0.15, -0.1) is 0 Å². The molecule has 5 heteroatoms. The average molecular weight is 306 g/mol. The molecule has 0 atom stereocenters. The van der Waals surface area contributed by atoms with Crippen molar-refractivity contribution in [3.8, 4) is 0 Å². The Morgan fingerprint density at radius 1 is 1.17 bits per heavy atom. The number of rotatable bonds is 4. The molecule has 4 nitrogen and oxygen atoms in total. The minimum atomic E-state index is -0.0128. The Morgan fingerprint density at radius 3 is 2.50 bits per heavy atom. The van der Waals surface area contributed by atoms with Crippen LogP contribution in [-0.4, -0.2) is 15.9 Å². The monoisotopic (exact) mass is 305 g/mol. The predicted octanol–water partition coefficient (Wildman–Crippen LogP) is 2.81. The Morgan fingerprint density at radius 2 is 1.83 bits per heavy atom. The van der Waals surface area contributed by atoms with E-state index in [1.807, 2.05) is 24.3 Å². The van der Waals surface area contributed by atoms with E-state index in [4.69, 9.17) is 0 Å². The fourth-order valence-corrected chi connectivity index (χ4v) is 1.74. The second-order valence-electron chi connectivity index (χ2n) is 3.80. The van der Waals surface area contributed by atoms with Crippen molar-refractivity contribution in [2.24, 2.45) is 0 Å². The smallest absolute Gasteiger partial charge is 0.224 e. The summed E-state index contributed by atoms with van der Waals surface area (Å²) in [5.41, 5.74) is 1.76. The standard InChI is InChI=1S/C13H12BrN3O/c14-11-2-4-12(5-3-11)17-13(18)6-1-10-7-15-9-16-8-10/h2-5,7-9H,1,6H2,(H,17,18). The zero-order valence-electron chi connectivity index (χ0n) is 9.64. The third-order valence-corrected chi connectivity index (χ3v) is 2.91. The summed E-state index contributed by atoms with van der Waals surface area (Å²) >= 11 is 3.35. The van der Waals surface area contributed by atoms with Gasteiger partial charge in [-0.1, -0.05) is 15.9 Å². The molecule has 92 valence electrons. The number of hydrogen-bond acceptors (Lipinski definition) is 3. The van der Waals surface area contributed by atoms with Gasteiger partial charge >= 0.3 is 0 Å². The number of nitrogens with zero attached hydrogens (tertiary/aromatic N) is 2. The lowest BCUT2D eigenvalue weighted by molar-refractivity contribution is -0.116. The van der Waals surface area contributed by atoms with Crippen molar-refractivity contribution < 1.29 is 4.79 Å². The molecule has 0 fully saturated rings. The first kappa shape index (κ1) is 12.7. The number of aromatic nitrogens is 2. The molecule has 18 heavy (non-hydrogen) atoms. The second-order valence-corrected chi connectivity index (χ2v) is 4.72. The van der Waals surface area contributed by atoms with Crippen LogP contribution in [0.1, 0.15) is 12.0 Å². The van der Waals surface area contributed by atoms with E-state index in [9.17, 15) is 4.79 Å². The van der Waals surface area contributed by atoms with E-state index < -0.39 is 0 Å². The zero-order valence-corrected chi connectivity index (χ0v) is 11.2. The topological polar surface area (TPSA) is 54.9 Å². The lowest BCUT2D eigenvalue weighted by Gasteiger charge is -2.05. The Hall–Kier alpha value is -1.75. The van der Waals surface area contributed by atoms with Gasteiger partial charge in [-0.05, 0) is 36.2 Å². The third kappa shape index (κ3) is 3.92. The predicted molar refractivity (Wildman–Crippen MR) is 73.1 cm³/mol. The van der Waals surface area contributed by atoms with Crippen LogP contribution in [0.2, 0.25) is 0 Å². The van der Waals surface area contributed by atoms with Gasteiger partial charge in [0, 0.05) is 29.0 Å². The molecule has 0 aliphatic rings. The summed E-state index contributed by atoms with van der Waals surface area (Å²) in [6.07, 6.45) is 5.98. The normalized spacial score (nSPS) is 10.1. The molecule has 0 saturated heterocycles. The number of benzene rings is 1. The van der Waals surface area contributed by atoms with Gasteiger partial charge in [0.25, 0.3) is 0 Å². The molecule has 2 aromatic rings. The first-order valence-corrected chi connectivity index (χ1v) is 6.32. The molecule has 1 heterocycles. The maximum absolute atomic E-state index is 11.7. The van der Waals surface area contributed by atoms with E-state index in [1.54, 1.807) is 12.4 Å². The number of aryl methyl sites for hydroxylation is 1. The summed E-state index contributed by atoms with van der Waals surface area (Å²) in [5.74, 6) is -0.0128. The van der Waals surface area contributed by atoms with E-state index in [2.05, 4.69) is 31.2 Å². The fourth-order valence-electron chi connectivity index (χ4n) is 1.47. The Labute approximate surface area is 114 Å². The number of carbonyl (C=O) groups is 1. The van der Waals surface area contributed by atoms with Gasteiger partial charge in [-0.25, -0.2) is 9.97 Å². The van der Waals surface area contributed by atoms with Crippen LogP contribution in [0, 0.1) is 0 Å². The summed E-state index contributed by atoms with van der Waals surface area (Å²) in [7, 11) is 0. The molecule has 1 N–H and O–H groups in total. The quantitative estimate of drug-likeness (QED) is 0.945. The van der Waals surface area contributed by atoms with Crippen LogP contribution in [-0.2, 0) is 11.2 Å². The van der Waals surface area contributed by atoms with Gasteiger partial charge in [0.1, 0.15) is 6.33 Å². The summed E-state index contributed by atoms with van der Waals surface area (Å²) in [5, 5.41) is 2.84. The first-order valence-electron chi connectivity index (χ1n) is 5.53. The molecule has 0 spiro atoms. The van der Waals surface area contributed by atoms with Crippen LogP contribution in [0.4, 0.5) is 5.69 Å². The summed E-state index contributed by atoms with van der Waals surface area (Å²) in [4.78, 5) is 19.5. The van der Waals surface area contributed by atoms with Crippen LogP contribution in [0.15, 0.2) is 47.5 Å². The van der Waals surface area contributed by atoms with Crippen molar-refractivity contribution >= 4 is 27.5 Å². The van der Waals surface area contributed by atoms with E-state index in [0.29, 0.717) is 12.8 Å². The summed E-state index contributed by atoms with van der Waals surface area (Å²) in [6, 6.07) is 7.49. The van der Waals surface area contributed by atoms with Gasteiger partial charge in [-0.2, -0.15) is 0 Å². The van der Waals surface area contributed by atoms with E-state index in [-0.39, 0.29) is 5.91 Å². The molecule has 1 aromatic carbocycles. The number of nitrogens with one attached hydrogen (secondary N) is 1. The number of hydrogen-bond donors (Lipinski definition) is 1. The highest BCUT2D eigenvalue weighted by Gasteiger charge is 2.03.